The summed E-state index contributed by atoms with van der Waals surface area (Å²) in [7, 11) is 1.63. The van der Waals surface area contributed by atoms with Crippen molar-refractivity contribution in [1.29, 1.82) is 0 Å². The van der Waals surface area contributed by atoms with Crippen LogP contribution in [0.4, 0.5) is 10.5 Å². The number of benzene rings is 3. The Kier molecular flexibility index (Phi) is 18.5. The van der Waals surface area contributed by atoms with E-state index in [9.17, 15) is 24.0 Å². The van der Waals surface area contributed by atoms with Gasteiger partial charge in [-0.2, -0.15) is 0 Å². The second-order valence-electron chi connectivity index (χ2n) is 17.1. The Hall–Kier alpha value is -5.15. The first-order valence-electron chi connectivity index (χ1n) is 21.8. The molecule has 3 aromatic carbocycles. The minimum absolute atomic E-state index is 0.0599. The third kappa shape index (κ3) is 15.3. The van der Waals surface area contributed by atoms with Crippen molar-refractivity contribution in [3.63, 3.8) is 0 Å². The average molecular weight is 857 g/mol. The lowest BCUT2D eigenvalue weighted by Gasteiger charge is -2.29. The van der Waals surface area contributed by atoms with Gasteiger partial charge in [-0.15, -0.1) is 0 Å². The molecule has 1 heterocycles. The minimum Gasteiger partial charge on any atom is -0.444 e. The Bertz CT molecular complexity index is 2130. The van der Waals surface area contributed by atoms with Gasteiger partial charge in [-0.3, -0.25) is 29.4 Å². The number of carbonyl (C=O) groups excluding carboxylic acids is 4. The molecule has 1 saturated carbocycles. The molecular formula is C48H64N4O10. The number of hydrogen-bond acceptors (Lipinski definition) is 10. The highest BCUT2D eigenvalue weighted by atomic mass is 16.6. The van der Waals surface area contributed by atoms with Crippen molar-refractivity contribution >= 4 is 40.2 Å². The summed E-state index contributed by atoms with van der Waals surface area (Å²) < 4.78 is 26.8. The van der Waals surface area contributed by atoms with E-state index in [2.05, 4.69) is 20.8 Å². The predicted molar refractivity (Wildman–Crippen MR) is 239 cm³/mol. The molecule has 1 aliphatic rings. The minimum atomic E-state index is -0.636. The highest BCUT2D eigenvalue weighted by Crippen LogP contribution is 2.32. The number of amides is 2. The number of ether oxygens (including phenoxy) is 5. The average Bonchev–Trinajstić information content (AvgIpc) is 3.62. The summed E-state index contributed by atoms with van der Waals surface area (Å²) >= 11 is 0. The number of aromatic amines is 2. The second kappa shape index (κ2) is 23.9. The molecule has 0 radical (unpaired) electrons. The fourth-order valence-electron chi connectivity index (χ4n) is 7.69. The molecule has 0 bridgehead atoms. The number of hydrogen-bond donors (Lipinski definition) is 4. The molecule has 1 atom stereocenters. The highest BCUT2D eigenvalue weighted by Gasteiger charge is 2.31. The SMILES string of the molecule is COCCOCCOCCOCCCC(=O)c1ccc(-c2ccc(C[C@H](CC(=O)C3CCC(CNC(=O)OC(C)(C)C)CC3)C(=O)Nc3ccc4c(=O)[nH][nH]c4c3)cc2)c(C)c1. The van der Waals surface area contributed by atoms with Crippen LogP contribution in [0.25, 0.3) is 22.0 Å². The van der Waals surface area contributed by atoms with E-state index in [-0.39, 0.29) is 41.3 Å². The third-order valence-electron chi connectivity index (χ3n) is 11.1. The van der Waals surface area contributed by atoms with Crippen molar-refractivity contribution in [2.75, 3.05) is 65.2 Å². The number of alkyl carbamates (subject to hydrolysis) is 1. The van der Waals surface area contributed by atoms with Crippen molar-refractivity contribution in [3.8, 4) is 11.1 Å². The number of Topliss-reactive ketones (excluding diaryl/α,β-unsaturated/α-hetero) is 2. The summed E-state index contributed by atoms with van der Waals surface area (Å²) in [6, 6.07) is 18.8. The molecule has 1 fully saturated rings. The lowest BCUT2D eigenvalue weighted by Crippen LogP contribution is -2.37. The van der Waals surface area contributed by atoms with Crippen LogP contribution >= 0.6 is 0 Å². The Morgan fingerprint density at radius 3 is 2.15 bits per heavy atom. The van der Waals surface area contributed by atoms with Crippen LogP contribution < -0.4 is 16.2 Å². The fraction of sp³-hybridized carbons (Fsp3) is 0.521. The highest BCUT2D eigenvalue weighted by molar-refractivity contribution is 5.98. The lowest BCUT2D eigenvalue weighted by atomic mass is 9.77. The molecular weight excluding hydrogens is 793 g/mol. The number of methoxy groups -OCH3 is 1. The van der Waals surface area contributed by atoms with E-state index in [4.69, 9.17) is 23.7 Å². The molecule has 0 unspecified atom stereocenters. The van der Waals surface area contributed by atoms with E-state index in [1.165, 1.54) is 0 Å². The number of nitrogens with one attached hydrogen (secondary N) is 4. The van der Waals surface area contributed by atoms with Crippen LogP contribution in [0.5, 0.6) is 0 Å². The molecule has 336 valence electrons. The molecule has 62 heavy (non-hydrogen) atoms. The standard InChI is InChI=1S/C48H64N4O10/c1-32-27-37(43(53)7-6-20-59-23-24-61-26-25-60-22-21-58-5)16-18-40(32)35-12-8-33(9-13-35)28-38(45(55)50-39-17-19-41-42(30-39)51-52-46(41)56)29-44(54)36-14-10-34(11-15-36)31-49-47(57)62-48(2,3)4/h8-9,12-13,16-19,27,30,34,36,38H,6-7,10-11,14-15,20-26,28-29,31H2,1-5H3,(H,49,57)(H,50,55)(H2,51,52,56)/t34?,36?,38-/m1/s1. The first-order chi connectivity index (χ1) is 29.8. The first kappa shape index (κ1) is 47.9. The van der Waals surface area contributed by atoms with Gasteiger partial charge in [0.05, 0.1) is 50.5 Å². The largest absolute Gasteiger partial charge is 0.444 e. The van der Waals surface area contributed by atoms with Crippen molar-refractivity contribution in [1.82, 2.24) is 15.5 Å². The smallest absolute Gasteiger partial charge is 0.407 e. The monoisotopic (exact) mass is 856 g/mol. The fourth-order valence-corrected chi connectivity index (χ4v) is 7.69. The zero-order valence-corrected chi connectivity index (χ0v) is 36.9. The molecule has 1 aromatic heterocycles. The summed E-state index contributed by atoms with van der Waals surface area (Å²) in [5, 5.41) is 11.7. The number of carbonyl (C=O) groups is 4. The van der Waals surface area contributed by atoms with E-state index in [0.29, 0.717) is 107 Å². The van der Waals surface area contributed by atoms with Gasteiger partial charge in [-0.1, -0.05) is 36.4 Å². The van der Waals surface area contributed by atoms with Gasteiger partial charge < -0.3 is 34.3 Å². The number of rotatable bonds is 24. The maximum atomic E-state index is 13.9. The van der Waals surface area contributed by atoms with E-state index in [1.807, 2.05) is 70.2 Å². The van der Waals surface area contributed by atoms with Gasteiger partial charge in [0.2, 0.25) is 5.91 Å². The molecule has 4 aromatic rings. The first-order valence-corrected chi connectivity index (χ1v) is 21.8. The predicted octanol–water partition coefficient (Wildman–Crippen LogP) is 7.58. The zero-order valence-electron chi connectivity index (χ0n) is 36.9. The summed E-state index contributed by atoms with van der Waals surface area (Å²) in [5.74, 6) is -0.698. The Morgan fingerprint density at radius 2 is 1.48 bits per heavy atom. The van der Waals surface area contributed by atoms with Crippen molar-refractivity contribution in [2.45, 2.75) is 84.7 Å². The van der Waals surface area contributed by atoms with Crippen LogP contribution in [0, 0.1) is 24.7 Å². The van der Waals surface area contributed by atoms with E-state index in [1.54, 1.807) is 25.3 Å². The molecule has 14 heteroatoms. The van der Waals surface area contributed by atoms with Crippen LogP contribution in [0.3, 0.4) is 0 Å². The number of aromatic nitrogens is 2. The van der Waals surface area contributed by atoms with Crippen LogP contribution in [0.15, 0.2) is 65.5 Å². The van der Waals surface area contributed by atoms with Crippen LogP contribution in [0.1, 0.15) is 87.2 Å². The molecule has 1 aliphatic carbocycles. The van der Waals surface area contributed by atoms with Crippen LogP contribution in [-0.2, 0) is 39.7 Å². The topological polar surface area (TPSA) is 187 Å². The summed E-state index contributed by atoms with van der Waals surface area (Å²) in [4.78, 5) is 65.0. The van der Waals surface area contributed by atoms with Crippen molar-refractivity contribution in [3.05, 3.63) is 87.7 Å². The number of aryl methyl sites for hydroxylation is 1. The van der Waals surface area contributed by atoms with E-state index in [0.717, 1.165) is 35.1 Å². The Morgan fingerprint density at radius 1 is 0.806 bits per heavy atom. The molecule has 4 N–H and O–H groups in total. The number of anilines is 1. The quantitative estimate of drug-likeness (QED) is 0.0404. The van der Waals surface area contributed by atoms with Gasteiger partial charge in [-0.05, 0) is 119 Å². The number of fused-ring (bicyclic) bond motifs is 1. The number of H-pyrrole nitrogens is 2. The van der Waals surface area contributed by atoms with Gasteiger partial charge in [0.25, 0.3) is 5.56 Å². The molecule has 0 aliphatic heterocycles. The van der Waals surface area contributed by atoms with E-state index >= 15 is 0 Å². The Labute approximate surface area is 364 Å². The summed E-state index contributed by atoms with van der Waals surface area (Å²) in [6.45, 7) is 11.5. The van der Waals surface area contributed by atoms with Gasteiger partial charge >= 0.3 is 6.09 Å². The van der Waals surface area contributed by atoms with E-state index < -0.39 is 17.6 Å². The Balaban J connectivity index is 1.15. The molecule has 2 amide bonds. The van der Waals surface area contributed by atoms with Gasteiger partial charge in [0.1, 0.15) is 11.4 Å². The zero-order chi connectivity index (χ0) is 44.5. The maximum absolute atomic E-state index is 13.9. The molecule has 0 spiro atoms. The third-order valence-corrected chi connectivity index (χ3v) is 11.1. The molecule has 0 saturated heterocycles. The maximum Gasteiger partial charge on any atom is 0.407 e. The van der Waals surface area contributed by atoms with Gasteiger partial charge in [0.15, 0.2) is 5.78 Å². The van der Waals surface area contributed by atoms with Crippen molar-refractivity contribution < 1.29 is 42.9 Å². The normalized spacial score (nSPS) is 15.9. The lowest BCUT2D eigenvalue weighted by molar-refractivity contribution is -0.129. The number of ketones is 2. The summed E-state index contributed by atoms with van der Waals surface area (Å²) in [5.41, 5.74) is 4.80. The summed E-state index contributed by atoms with van der Waals surface area (Å²) in [6.07, 6.45) is 3.98. The van der Waals surface area contributed by atoms with Gasteiger partial charge in [-0.25, -0.2) is 4.79 Å². The van der Waals surface area contributed by atoms with Gasteiger partial charge in [0, 0.05) is 56.2 Å². The molecule has 5 rings (SSSR count). The van der Waals surface area contributed by atoms with Crippen LogP contribution in [-0.4, -0.2) is 99.3 Å². The van der Waals surface area contributed by atoms with Crippen molar-refractivity contribution in [2.24, 2.45) is 17.8 Å². The second-order valence-corrected chi connectivity index (χ2v) is 17.1. The molecule has 14 nitrogen and oxygen atoms in total. The van der Waals surface area contributed by atoms with Crippen LogP contribution in [0.2, 0.25) is 0 Å².